The average molecular weight is 404 g/mol. The van der Waals surface area contributed by atoms with Crippen LogP contribution >= 0.6 is 0 Å². The van der Waals surface area contributed by atoms with E-state index in [-0.39, 0.29) is 18.5 Å². The highest BCUT2D eigenvalue weighted by Crippen LogP contribution is 2.26. The number of fused-ring (bicyclic) bond motifs is 1. The molecule has 6 nitrogen and oxygen atoms in total. The first-order valence-corrected chi connectivity index (χ1v) is 11.8. The van der Waals surface area contributed by atoms with Gasteiger partial charge in [0.25, 0.3) is 0 Å². The predicted octanol–water partition coefficient (Wildman–Crippen LogP) is 3.12. The first-order valence-electron chi connectivity index (χ1n) is 10.3. The van der Waals surface area contributed by atoms with Crippen molar-refractivity contribution in [2.75, 3.05) is 13.1 Å². The van der Waals surface area contributed by atoms with E-state index in [1.54, 1.807) is 16.4 Å². The summed E-state index contributed by atoms with van der Waals surface area (Å²) in [6, 6.07) is 7.35. The molecule has 152 valence electrons. The molecule has 1 aromatic carbocycles. The van der Waals surface area contributed by atoms with E-state index >= 15 is 0 Å². The van der Waals surface area contributed by atoms with Gasteiger partial charge in [-0.15, -0.1) is 0 Å². The van der Waals surface area contributed by atoms with Crippen molar-refractivity contribution in [3.63, 3.8) is 0 Å². The van der Waals surface area contributed by atoms with Crippen LogP contribution in [0.25, 0.3) is 10.9 Å². The third kappa shape index (κ3) is 3.82. The SMILES string of the molecule is CC1CCCCC1NC(=O)Cn1ccc2cc(S(=O)(=O)N3CCCC3)ccc21. The van der Waals surface area contributed by atoms with Crippen molar-refractivity contribution in [3.8, 4) is 0 Å². The number of nitrogens with one attached hydrogen (secondary N) is 1. The van der Waals surface area contributed by atoms with E-state index in [2.05, 4.69) is 12.2 Å². The zero-order valence-corrected chi connectivity index (χ0v) is 17.2. The Kier molecular flexibility index (Phi) is 5.47. The molecule has 1 amide bonds. The lowest BCUT2D eigenvalue weighted by Gasteiger charge is -2.29. The van der Waals surface area contributed by atoms with Crippen LogP contribution in [-0.4, -0.2) is 42.3 Å². The number of rotatable bonds is 5. The number of nitrogens with zero attached hydrogens (tertiary/aromatic N) is 2. The summed E-state index contributed by atoms with van der Waals surface area (Å²) in [5.41, 5.74) is 0.882. The summed E-state index contributed by atoms with van der Waals surface area (Å²) in [4.78, 5) is 12.9. The Balaban J connectivity index is 1.49. The highest BCUT2D eigenvalue weighted by Gasteiger charge is 2.27. The van der Waals surface area contributed by atoms with Crippen LogP contribution in [0.5, 0.6) is 0 Å². The van der Waals surface area contributed by atoms with Gasteiger partial charge in [-0.1, -0.05) is 19.8 Å². The molecule has 0 radical (unpaired) electrons. The number of carbonyl (C=O) groups excluding carboxylic acids is 1. The third-order valence-electron chi connectivity index (χ3n) is 6.22. The molecular weight excluding hydrogens is 374 g/mol. The van der Waals surface area contributed by atoms with Gasteiger partial charge in [-0.3, -0.25) is 4.79 Å². The molecule has 2 aromatic rings. The Morgan fingerprint density at radius 2 is 1.86 bits per heavy atom. The van der Waals surface area contributed by atoms with E-state index in [0.717, 1.165) is 30.2 Å². The maximum atomic E-state index is 12.8. The smallest absolute Gasteiger partial charge is 0.243 e. The van der Waals surface area contributed by atoms with Crippen LogP contribution in [-0.2, 0) is 21.4 Å². The molecule has 1 saturated heterocycles. The average Bonchev–Trinajstić information content (AvgIpc) is 3.34. The Morgan fingerprint density at radius 1 is 1.11 bits per heavy atom. The lowest BCUT2D eigenvalue weighted by atomic mass is 9.86. The zero-order chi connectivity index (χ0) is 19.7. The predicted molar refractivity (Wildman–Crippen MR) is 109 cm³/mol. The van der Waals surface area contributed by atoms with Gasteiger partial charge in [-0.05, 0) is 55.9 Å². The minimum Gasteiger partial charge on any atom is -0.352 e. The van der Waals surface area contributed by atoms with Gasteiger partial charge in [0.1, 0.15) is 6.54 Å². The second kappa shape index (κ2) is 7.87. The van der Waals surface area contributed by atoms with Crippen LogP contribution in [0.4, 0.5) is 0 Å². The molecule has 0 spiro atoms. The lowest BCUT2D eigenvalue weighted by molar-refractivity contribution is -0.122. The monoisotopic (exact) mass is 403 g/mol. The number of hydrogen-bond donors (Lipinski definition) is 1. The second-order valence-corrected chi connectivity index (χ2v) is 10.1. The van der Waals surface area contributed by atoms with E-state index in [1.165, 1.54) is 19.3 Å². The van der Waals surface area contributed by atoms with Crippen LogP contribution in [0.1, 0.15) is 45.4 Å². The molecule has 2 fully saturated rings. The topological polar surface area (TPSA) is 71.4 Å². The molecule has 2 heterocycles. The van der Waals surface area contributed by atoms with Gasteiger partial charge in [0.05, 0.1) is 4.90 Å². The molecule has 28 heavy (non-hydrogen) atoms. The maximum absolute atomic E-state index is 12.8. The molecule has 2 unspecified atom stereocenters. The fourth-order valence-corrected chi connectivity index (χ4v) is 6.04. The first kappa shape index (κ1) is 19.5. The number of hydrogen-bond acceptors (Lipinski definition) is 3. The number of amides is 1. The van der Waals surface area contributed by atoms with Gasteiger partial charge in [-0.2, -0.15) is 4.31 Å². The Morgan fingerprint density at radius 3 is 2.61 bits per heavy atom. The van der Waals surface area contributed by atoms with Crippen LogP contribution in [0.2, 0.25) is 0 Å². The van der Waals surface area contributed by atoms with E-state index in [9.17, 15) is 13.2 Å². The molecule has 1 aromatic heterocycles. The molecule has 1 aliphatic carbocycles. The number of sulfonamides is 1. The maximum Gasteiger partial charge on any atom is 0.243 e. The quantitative estimate of drug-likeness (QED) is 0.834. The Bertz CT molecular complexity index is 960. The highest BCUT2D eigenvalue weighted by atomic mass is 32.2. The van der Waals surface area contributed by atoms with Gasteiger partial charge >= 0.3 is 0 Å². The minimum atomic E-state index is -3.42. The molecule has 0 bridgehead atoms. The Labute approximate surface area is 166 Å². The molecule has 1 aliphatic heterocycles. The fraction of sp³-hybridized carbons (Fsp3) is 0.571. The Hall–Kier alpha value is -1.86. The number of benzene rings is 1. The molecule has 2 atom stereocenters. The van der Waals surface area contributed by atoms with E-state index in [0.29, 0.717) is 23.9 Å². The second-order valence-electron chi connectivity index (χ2n) is 8.21. The summed E-state index contributed by atoms with van der Waals surface area (Å²) in [6.45, 7) is 3.66. The van der Waals surface area contributed by atoms with Crippen molar-refractivity contribution >= 4 is 26.8 Å². The molecule has 1 N–H and O–H groups in total. The lowest BCUT2D eigenvalue weighted by Crippen LogP contribution is -2.42. The summed E-state index contributed by atoms with van der Waals surface area (Å²) in [5.74, 6) is 0.544. The first-order chi connectivity index (χ1) is 13.4. The summed E-state index contributed by atoms with van der Waals surface area (Å²) in [5, 5.41) is 4.03. The molecule has 1 saturated carbocycles. The number of carbonyl (C=O) groups is 1. The summed E-state index contributed by atoms with van der Waals surface area (Å²) in [7, 11) is -3.42. The van der Waals surface area contributed by atoms with Gasteiger partial charge in [0.2, 0.25) is 15.9 Å². The third-order valence-corrected chi connectivity index (χ3v) is 8.11. The highest BCUT2D eigenvalue weighted by molar-refractivity contribution is 7.89. The van der Waals surface area contributed by atoms with E-state index in [1.807, 2.05) is 22.9 Å². The van der Waals surface area contributed by atoms with Crippen molar-refractivity contribution in [2.45, 2.75) is 62.9 Å². The van der Waals surface area contributed by atoms with Crippen LogP contribution < -0.4 is 5.32 Å². The van der Waals surface area contributed by atoms with E-state index in [4.69, 9.17) is 0 Å². The van der Waals surface area contributed by atoms with Crippen LogP contribution in [0.3, 0.4) is 0 Å². The van der Waals surface area contributed by atoms with Crippen molar-refractivity contribution in [1.29, 1.82) is 0 Å². The zero-order valence-electron chi connectivity index (χ0n) is 16.4. The standard InChI is InChI=1S/C21H29N3O3S/c1-16-6-2-3-7-19(16)22-21(25)15-23-13-10-17-14-18(8-9-20(17)23)28(26,27)24-11-4-5-12-24/h8-10,13-14,16,19H,2-7,11-12,15H2,1H3,(H,22,25). The van der Waals surface area contributed by atoms with Gasteiger partial charge in [0.15, 0.2) is 0 Å². The van der Waals surface area contributed by atoms with Gasteiger partial charge in [-0.25, -0.2) is 8.42 Å². The fourth-order valence-electron chi connectivity index (χ4n) is 4.49. The summed E-state index contributed by atoms with van der Waals surface area (Å²) < 4.78 is 29.0. The number of aromatic nitrogens is 1. The van der Waals surface area contributed by atoms with Crippen molar-refractivity contribution in [1.82, 2.24) is 14.2 Å². The van der Waals surface area contributed by atoms with Crippen molar-refractivity contribution < 1.29 is 13.2 Å². The summed E-state index contributed by atoms with van der Waals surface area (Å²) >= 11 is 0. The largest absolute Gasteiger partial charge is 0.352 e. The molecule has 2 aliphatic rings. The molecule has 7 heteroatoms. The molecule has 4 rings (SSSR count). The minimum absolute atomic E-state index is 0.0185. The van der Waals surface area contributed by atoms with Crippen molar-refractivity contribution in [3.05, 3.63) is 30.5 Å². The van der Waals surface area contributed by atoms with Crippen LogP contribution in [0.15, 0.2) is 35.4 Å². The normalized spacial score (nSPS) is 23.9. The summed E-state index contributed by atoms with van der Waals surface area (Å²) in [6.07, 6.45) is 8.36. The van der Waals surface area contributed by atoms with Crippen molar-refractivity contribution in [2.24, 2.45) is 5.92 Å². The molecular formula is C21H29N3O3S. The van der Waals surface area contributed by atoms with Gasteiger partial charge < -0.3 is 9.88 Å². The van der Waals surface area contributed by atoms with Crippen LogP contribution in [0, 0.1) is 5.92 Å². The van der Waals surface area contributed by atoms with E-state index < -0.39 is 10.0 Å². The van der Waals surface area contributed by atoms with Gasteiger partial charge in [0, 0.05) is 36.2 Å².